The van der Waals surface area contributed by atoms with Crippen molar-refractivity contribution in [2.45, 2.75) is 63.3 Å². The van der Waals surface area contributed by atoms with Crippen molar-refractivity contribution in [2.75, 3.05) is 0 Å². The lowest BCUT2D eigenvalue weighted by molar-refractivity contribution is 0.174. The van der Waals surface area contributed by atoms with E-state index in [2.05, 4.69) is 56.5 Å². The van der Waals surface area contributed by atoms with Crippen LogP contribution in [0.2, 0.25) is 18.1 Å². The number of rotatable bonds is 2. The van der Waals surface area contributed by atoms with Crippen molar-refractivity contribution in [1.29, 1.82) is 0 Å². The van der Waals surface area contributed by atoms with Gasteiger partial charge in [0.1, 0.15) is 18.3 Å². The molecule has 1 heterocycles. The standard InChI is InChI=1S/C12H21IO3Si/c1-12(2,3)17(4,5)16-8-6-7(13)9(14)11-10(8)15-11/h6,8-11,14H,1-5H3/t8-,9-,10+,11-/m1/s1. The predicted octanol–water partition coefficient (Wildman–Crippen LogP) is 2.84. The minimum Gasteiger partial charge on any atom is -0.408 e. The van der Waals surface area contributed by atoms with Gasteiger partial charge >= 0.3 is 0 Å². The van der Waals surface area contributed by atoms with Crippen LogP contribution in [0.1, 0.15) is 20.8 Å². The summed E-state index contributed by atoms with van der Waals surface area (Å²) in [6, 6.07) is 0. The van der Waals surface area contributed by atoms with Crippen molar-refractivity contribution in [2.24, 2.45) is 0 Å². The first kappa shape index (κ1) is 14.0. The molecule has 0 bridgehead atoms. The van der Waals surface area contributed by atoms with Crippen LogP contribution in [-0.2, 0) is 9.16 Å². The van der Waals surface area contributed by atoms with Gasteiger partial charge in [0.05, 0.1) is 6.10 Å². The molecular weight excluding hydrogens is 347 g/mol. The van der Waals surface area contributed by atoms with Crippen molar-refractivity contribution >= 4 is 30.9 Å². The van der Waals surface area contributed by atoms with Crippen molar-refractivity contribution in [3.05, 3.63) is 9.66 Å². The molecule has 0 amide bonds. The molecule has 98 valence electrons. The molecule has 1 saturated heterocycles. The van der Waals surface area contributed by atoms with Gasteiger partial charge in [0.2, 0.25) is 0 Å². The topological polar surface area (TPSA) is 42.0 Å². The highest BCUT2D eigenvalue weighted by atomic mass is 127. The molecule has 4 atom stereocenters. The minimum atomic E-state index is -1.77. The SMILES string of the molecule is CC(C)(C)[Si](C)(C)O[C@@H]1C=C(I)[C@@H](O)[C@H]2O[C@H]21. The molecule has 3 nitrogen and oxygen atoms in total. The molecule has 1 aliphatic heterocycles. The molecule has 5 heteroatoms. The van der Waals surface area contributed by atoms with Crippen LogP contribution in [0.15, 0.2) is 9.66 Å². The number of halogens is 1. The number of hydrogen-bond donors (Lipinski definition) is 1. The summed E-state index contributed by atoms with van der Waals surface area (Å²) < 4.78 is 12.8. The molecule has 0 aromatic carbocycles. The van der Waals surface area contributed by atoms with Crippen LogP contribution in [-0.4, -0.2) is 37.8 Å². The Morgan fingerprint density at radius 2 is 1.94 bits per heavy atom. The molecule has 0 unspecified atom stereocenters. The minimum absolute atomic E-state index is 0.0243. The Balaban J connectivity index is 2.11. The third-order valence-corrected chi connectivity index (χ3v) is 9.51. The van der Waals surface area contributed by atoms with E-state index in [1.807, 2.05) is 6.08 Å². The smallest absolute Gasteiger partial charge is 0.193 e. The van der Waals surface area contributed by atoms with Gasteiger partial charge in [-0.2, -0.15) is 0 Å². The van der Waals surface area contributed by atoms with Gasteiger partial charge in [-0.25, -0.2) is 0 Å². The van der Waals surface area contributed by atoms with Crippen LogP contribution in [0.3, 0.4) is 0 Å². The molecular formula is C12H21IO3Si. The average molecular weight is 368 g/mol. The van der Waals surface area contributed by atoms with E-state index in [1.54, 1.807) is 0 Å². The average Bonchev–Trinajstić information content (AvgIpc) is 2.91. The summed E-state index contributed by atoms with van der Waals surface area (Å²) in [7, 11) is -1.77. The largest absolute Gasteiger partial charge is 0.408 e. The van der Waals surface area contributed by atoms with E-state index in [4.69, 9.17) is 9.16 Å². The van der Waals surface area contributed by atoms with Crippen LogP contribution in [0.25, 0.3) is 0 Å². The summed E-state index contributed by atoms with van der Waals surface area (Å²) in [5.41, 5.74) is 0. The molecule has 17 heavy (non-hydrogen) atoms. The molecule has 0 saturated carbocycles. The van der Waals surface area contributed by atoms with E-state index >= 15 is 0 Å². The van der Waals surface area contributed by atoms with E-state index in [-0.39, 0.29) is 23.4 Å². The molecule has 1 aliphatic carbocycles. The second kappa shape index (κ2) is 4.30. The first-order valence-corrected chi connectivity index (χ1v) is 10.0. The van der Waals surface area contributed by atoms with Gasteiger partial charge in [-0.05, 0) is 46.8 Å². The van der Waals surface area contributed by atoms with Crippen molar-refractivity contribution < 1.29 is 14.3 Å². The van der Waals surface area contributed by atoms with E-state index in [0.717, 1.165) is 3.58 Å². The Labute approximate surface area is 118 Å². The number of ether oxygens (including phenoxy) is 1. The van der Waals surface area contributed by atoms with Gasteiger partial charge < -0.3 is 14.3 Å². The molecule has 0 aromatic rings. The highest BCUT2D eigenvalue weighted by Gasteiger charge is 2.55. The Morgan fingerprint density at radius 1 is 1.35 bits per heavy atom. The molecule has 0 aromatic heterocycles. The van der Waals surface area contributed by atoms with E-state index in [9.17, 15) is 5.11 Å². The monoisotopic (exact) mass is 368 g/mol. The Morgan fingerprint density at radius 3 is 2.47 bits per heavy atom. The quantitative estimate of drug-likeness (QED) is 0.463. The van der Waals surface area contributed by atoms with E-state index in [0.29, 0.717) is 0 Å². The van der Waals surface area contributed by atoms with Crippen LogP contribution in [0.4, 0.5) is 0 Å². The van der Waals surface area contributed by atoms with Gasteiger partial charge in [0.25, 0.3) is 0 Å². The number of aliphatic hydroxyl groups excluding tert-OH is 1. The maximum Gasteiger partial charge on any atom is 0.193 e. The molecule has 1 N–H and O–H groups in total. The maximum absolute atomic E-state index is 9.82. The maximum atomic E-state index is 9.82. The van der Waals surface area contributed by atoms with Crippen molar-refractivity contribution in [3.8, 4) is 0 Å². The summed E-state index contributed by atoms with van der Waals surface area (Å²) in [5, 5.41) is 10.0. The third kappa shape index (κ3) is 2.63. The van der Waals surface area contributed by atoms with Gasteiger partial charge in [-0.1, -0.05) is 20.8 Å². The lowest BCUT2D eigenvalue weighted by Gasteiger charge is -2.39. The first-order chi connectivity index (χ1) is 7.63. The van der Waals surface area contributed by atoms with Gasteiger partial charge in [0.15, 0.2) is 8.32 Å². The highest BCUT2D eigenvalue weighted by Crippen LogP contribution is 2.44. The van der Waals surface area contributed by atoms with Crippen LogP contribution in [0, 0.1) is 0 Å². The number of aliphatic hydroxyl groups is 1. The Bertz CT molecular complexity index is 348. The lowest BCUT2D eigenvalue weighted by atomic mass is 10.0. The molecule has 0 spiro atoms. The molecule has 0 radical (unpaired) electrons. The second-order valence-electron chi connectivity index (χ2n) is 6.40. The number of hydrogen-bond acceptors (Lipinski definition) is 3. The molecule has 1 fully saturated rings. The summed E-state index contributed by atoms with van der Waals surface area (Å²) in [4.78, 5) is 0. The van der Waals surface area contributed by atoms with Crippen molar-refractivity contribution in [1.82, 2.24) is 0 Å². The highest BCUT2D eigenvalue weighted by molar-refractivity contribution is 14.1. The Kier molecular flexibility index (Phi) is 3.54. The zero-order chi connectivity index (χ0) is 13.0. The lowest BCUT2D eigenvalue weighted by Crippen LogP contribution is -2.46. The summed E-state index contributed by atoms with van der Waals surface area (Å²) in [5.74, 6) is 0. The number of fused-ring (bicyclic) bond motifs is 1. The van der Waals surface area contributed by atoms with Crippen LogP contribution in [0.5, 0.6) is 0 Å². The fourth-order valence-corrected chi connectivity index (χ4v) is 3.72. The van der Waals surface area contributed by atoms with Crippen LogP contribution < -0.4 is 0 Å². The fraction of sp³-hybridized carbons (Fsp3) is 0.833. The van der Waals surface area contributed by atoms with Gasteiger partial charge in [-0.15, -0.1) is 0 Å². The van der Waals surface area contributed by atoms with Gasteiger partial charge in [-0.3, -0.25) is 0 Å². The zero-order valence-corrected chi connectivity index (χ0v) is 14.2. The summed E-state index contributed by atoms with van der Waals surface area (Å²) in [6.45, 7) is 11.2. The zero-order valence-electron chi connectivity index (χ0n) is 11.0. The second-order valence-corrected chi connectivity index (χ2v) is 12.4. The van der Waals surface area contributed by atoms with Gasteiger partial charge in [0, 0.05) is 3.58 Å². The summed E-state index contributed by atoms with van der Waals surface area (Å²) in [6.07, 6.45) is 1.63. The first-order valence-electron chi connectivity index (χ1n) is 6.02. The molecule has 2 rings (SSSR count). The predicted molar refractivity (Wildman–Crippen MR) is 78.8 cm³/mol. The normalized spacial score (nSPS) is 37.5. The fourth-order valence-electron chi connectivity index (χ4n) is 1.78. The summed E-state index contributed by atoms with van der Waals surface area (Å²) >= 11 is 2.18. The molecule has 2 aliphatic rings. The van der Waals surface area contributed by atoms with Crippen molar-refractivity contribution in [3.63, 3.8) is 0 Å². The van der Waals surface area contributed by atoms with E-state index < -0.39 is 14.4 Å². The van der Waals surface area contributed by atoms with E-state index in [1.165, 1.54) is 0 Å². The Hall–Kier alpha value is 0.567. The number of epoxide rings is 1. The third-order valence-electron chi connectivity index (χ3n) is 4.04. The van der Waals surface area contributed by atoms with Crippen LogP contribution >= 0.6 is 22.6 Å².